The molecule has 1 amide bonds. The maximum absolute atomic E-state index is 13.9. The molecule has 2 aliphatic rings. The van der Waals surface area contributed by atoms with Crippen LogP contribution in [0.2, 0.25) is 0 Å². The number of hydrogen-bond donors (Lipinski definition) is 0. The SMILES string of the molecule is CCN(CC)CCC[C@H](c1ccc(OC)c(OC)c1)N1Cc2c(cccc2N2CCN(CC)CC2)C1=O. The Bertz CT molecular complexity index is 1050. The first kappa shape index (κ1) is 27.3. The number of ether oxygens (including phenoxy) is 2. The van der Waals surface area contributed by atoms with E-state index >= 15 is 0 Å². The Morgan fingerprint density at radius 1 is 0.946 bits per heavy atom. The monoisotopic (exact) mass is 508 g/mol. The van der Waals surface area contributed by atoms with Crippen LogP contribution in [0.4, 0.5) is 5.69 Å². The molecule has 1 saturated heterocycles. The molecule has 0 N–H and O–H groups in total. The van der Waals surface area contributed by atoms with Gasteiger partial charge in [0.05, 0.1) is 20.3 Å². The highest BCUT2D eigenvalue weighted by Crippen LogP contribution is 2.40. The number of methoxy groups -OCH3 is 2. The normalized spacial score (nSPS) is 16.9. The number of benzene rings is 2. The summed E-state index contributed by atoms with van der Waals surface area (Å²) in [5, 5.41) is 0. The number of rotatable bonds is 12. The first-order chi connectivity index (χ1) is 18.0. The van der Waals surface area contributed by atoms with E-state index in [1.165, 1.54) is 11.3 Å². The van der Waals surface area contributed by atoms with Crippen LogP contribution in [0.1, 0.15) is 61.1 Å². The maximum atomic E-state index is 13.9. The van der Waals surface area contributed by atoms with E-state index in [1.54, 1.807) is 14.2 Å². The Labute approximate surface area is 222 Å². The average molecular weight is 509 g/mol. The summed E-state index contributed by atoms with van der Waals surface area (Å²) in [5.74, 6) is 1.54. The summed E-state index contributed by atoms with van der Waals surface area (Å²) in [5.41, 5.74) is 4.34. The lowest BCUT2D eigenvalue weighted by molar-refractivity contribution is 0.0685. The van der Waals surface area contributed by atoms with Gasteiger partial charge in [-0.1, -0.05) is 32.9 Å². The Hall–Kier alpha value is -2.77. The Kier molecular flexibility index (Phi) is 9.33. The molecule has 2 aromatic carbocycles. The molecule has 1 atom stereocenters. The first-order valence-electron chi connectivity index (χ1n) is 13.9. The fourth-order valence-electron chi connectivity index (χ4n) is 5.80. The second kappa shape index (κ2) is 12.7. The van der Waals surface area contributed by atoms with Gasteiger partial charge in [0.25, 0.3) is 5.91 Å². The molecule has 0 bridgehead atoms. The lowest BCUT2D eigenvalue weighted by Gasteiger charge is -2.36. The molecular weight excluding hydrogens is 464 g/mol. The molecule has 4 rings (SSSR count). The van der Waals surface area contributed by atoms with E-state index in [0.717, 1.165) is 76.3 Å². The van der Waals surface area contributed by atoms with Gasteiger partial charge in [-0.05, 0) is 68.8 Å². The van der Waals surface area contributed by atoms with Crippen molar-refractivity contribution in [1.29, 1.82) is 0 Å². The lowest BCUT2D eigenvalue weighted by Crippen LogP contribution is -2.46. The van der Waals surface area contributed by atoms with Crippen molar-refractivity contribution in [2.24, 2.45) is 0 Å². The summed E-state index contributed by atoms with van der Waals surface area (Å²) in [7, 11) is 3.32. The van der Waals surface area contributed by atoms with Gasteiger partial charge in [-0.15, -0.1) is 0 Å². The second-order valence-electron chi connectivity index (χ2n) is 9.96. The quantitative estimate of drug-likeness (QED) is 0.416. The molecule has 202 valence electrons. The van der Waals surface area contributed by atoms with Crippen molar-refractivity contribution in [2.75, 3.05) is 71.5 Å². The van der Waals surface area contributed by atoms with Gasteiger partial charge in [-0.3, -0.25) is 4.79 Å². The number of carbonyl (C=O) groups is 1. The van der Waals surface area contributed by atoms with Crippen LogP contribution >= 0.6 is 0 Å². The predicted molar refractivity (Wildman–Crippen MR) is 150 cm³/mol. The van der Waals surface area contributed by atoms with Crippen molar-refractivity contribution in [3.8, 4) is 11.5 Å². The third-order valence-corrected chi connectivity index (χ3v) is 8.15. The number of nitrogens with zero attached hydrogens (tertiary/aromatic N) is 4. The molecule has 7 heteroatoms. The van der Waals surface area contributed by atoms with Crippen molar-refractivity contribution in [3.63, 3.8) is 0 Å². The topological polar surface area (TPSA) is 48.5 Å². The van der Waals surface area contributed by atoms with Crippen molar-refractivity contribution in [2.45, 2.75) is 46.2 Å². The van der Waals surface area contributed by atoms with Crippen LogP contribution in [-0.2, 0) is 6.54 Å². The van der Waals surface area contributed by atoms with Crippen LogP contribution in [0.3, 0.4) is 0 Å². The molecule has 0 spiro atoms. The molecule has 2 aromatic rings. The van der Waals surface area contributed by atoms with Gasteiger partial charge in [0.2, 0.25) is 0 Å². The second-order valence-corrected chi connectivity index (χ2v) is 9.96. The third-order valence-electron chi connectivity index (χ3n) is 8.15. The van der Waals surface area contributed by atoms with Crippen molar-refractivity contribution >= 4 is 11.6 Å². The number of anilines is 1. The standard InChI is InChI=1S/C30H44N4O3/c1-6-31(7-2)16-10-13-26(23-14-15-28(36-4)29(21-23)37-5)34-22-25-24(30(34)35)11-9-12-27(25)33-19-17-32(8-3)18-20-33/h9,11-12,14-15,21,26H,6-8,10,13,16-20,22H2,1-5H3/t26-/m1/s1. The molecule has 2 aliphatic heterocycles. The number of likely N-dealkylation sites (N-methyl/N-ethyl adjacent to an activating group) is 1. The molecule has 0 aliphatic carbocycles. The summed E-state index contributed by atoms with van der Waals surface area (Å²) < 4.78 is 11.1. The molecule has 0 unspecified atom stereocenters. The van der Waals surface area contributed by atoms with Crippen molar-refractivity contribution < 1.29 is 14.3 Å². The van der Waals surface area contributed by atoms with Crippen LogP contribution in [0, 0.1) is 0 Å². The molecule has 37 heavy (non-hydrogen) atoms. The van der Waals surface area contributed by atoms with E-state index in [-0.39, 0.29) is 11.9 Å². The minimum absolute atomic E-state index is 0.0277. The fourth-order valence-corrected chi connectivity index (χ4v) is 5.80. The van der Waals surface area contributed by atoms with Gasteiger partial charge in [-0.2, -0.15) is 0 Å². The Morgan fingerprint density at radius 2 is 1.68 bits per heavy atom. The van der Waals surface area contributed by atoms with Gasteiger partial charge in [-0.25, -0.2) is 0 Å². The van der Waals surface area contributed by atoms with E-state index in [2.05, 4.69) is 52.5 Å². The van der Waals surface area contributed by atoms with Crippen LogP contribution in [0.25, 0.3) is 0 Å². The van der Waals surface area contributed by atoms with Gasteiger partial charge in [0.1, 0.15) is 0 Å². The number of carbonyl (C=O) groups excluding carboxylic acids is 1. The van der Waals surface area contributed by atoms with Gasteiger partial charge >= 0.3 is 0 Å². The highest BCUT2D eigenvalue weighted by atomic mass is 16.5. The summed E-state index contributed by atoms with van der Waals surface area (Å²) in [6, 6.07) is 12.3. The molecule has 1 fully saturated rings. The number of amides is 1. The van der Waals surface area contributed by atoms with Gasteiger partial charge in [0.15, 0.2) is 11.5 Å². The predicted octanol–water partition coefficient (Wildman–Crippen LogP) is 4.66. The molecule has 2 heterocycles. The van der Waals surface area contributed by atoms with Crippen LogP contribution in [0.15, 0.2) is 36.4 Å². The number of hydrogen-bond acceptors (Lipinski definition) is 6. The zero-order valence-corrected chi connectivity index (χ0v) is 23.3. The minimum Gasteiger partial charge on any atom is -0.493 e. The number of piperazine rings is 1. The summed E-state index contributed by atoms with van der Waals surface area (Å²) >= 11 is 0. The molecule has 0 saturated carbocycles. The summed E-state index contributed by atoms with van der Waals surface area (Å²) in [6.07, 6.45) is 1.92. The molecule has 0 aromatic heterocycles. The van der Waals surface area contributed by atoms with E-state index in [4.69, 9.17) is 9.47 Å². The van der Waals surface area contributed by atoms with Crippen LogP contribution in [0.5, 0.6) is 11.5 Å². The van der Waals surface area contributed by atoms with Gasteiger partial charge in [0, 0.05) is 49.5 Å². The minimum atomic E-state index is -0.0277. The van der Waals surface area contributed by atoms with E-state index < -0.39 is 0 Å². The molecule has 0 radical (unpaired) electrons. The summed E-state index contributed by atoms with van der Waals surface area (Å²) in [6.45, 7) is 15.6. The smallest absolute Gasteiger partial charge is 0.255 e. The summed E-state index contributed by atoms with van der Waals surface area (Å²) in [4.78, 5) is 23.3. The zero-order chi connectivity index (χ0) is 26.4. The zero-order valence-electron chi connectivity index (χ0n) is 23.3. The number of fused-ring (bicyclic) bond motifs is 1. The van der Waals surface area contributed by atoms with Crippen molar-refractivity contribution in [3.05, 3.63) is 53.1 Å². The highest BCUT2D eigenvalue weighted by molar-refractivity contribution is 6.00. The molecule has 7 nitrogen and oxygen atoms in total. The fraction of sp³-hybridized carbons (Fsp3) is 0.567. The van der Waals surface area contributed by atoms with Crippen LogP contribution < -0.4 is 14.4 Å². The van der Waals surface area contributed by atoms with Gasteiger partial charge < -0.3 is 29.1 Å². The van der Waals surface area contributed by atoms with Crippen molar-refractivity contribution in [1.82, 2.24) is 14.7 Å². The highest BCUT2D eigenvalue weighted by Gasteiger charge is 2.36. The Morgan fingerprint density at radius 3 is 2.32 bits per heavy atom. The largest absolute Gasteiger partial charge is 0.493 e. The maximum Gasteiger partial charge on any atom is 0.255 e. The Balaban J connectivity index is 1.62. The van der Waals surface area contributed by atoms with Crippen LogP contribution in [-0.4, -0.2) is 87.2 Å². The van der Waals surface area contributed by atoms with E-state index in [1.807, 2.05) is 24.3 Å². The molecular formula is C30H44N4O3. The lowest BCUT2D eigenvalue weighted by atomic mass is 9.99. The van der Waals surface area contributed by atoms with E-state index in [0.29, 0.717) is 18.0 Å². The average Bonchev–Trinajstić information content (AvgIpc) is 3.29. The third kappa shape index (κ3) is 5.88. The first-order valence-corrected chi connectivity index (χ1v) is 13.9. The van der Waals surface area contributed by atoms with E-state index in [9.17, 15) is 4.79 Å².